The van der Waals surface area contributed by atoms with Gasteiger partial charge in [-0.25, -0.2) is 4.79 Å². The van der Waals surface area contributed by atoms with Crippen LogP contribution in [0, 0.1) is 23.7 Å². The highest BCUT2D eigenvalue weighted by atomic mass is 16.6. The zero-order valence-corrected chi connectivity index (χ0v) is 26.6. The van der Waals surface area contributed by atoms with E-state index in [2.05, 4.69) is 24.5 Å². The highest BCUT2D eigenvalue weighted by Crippen LogP contribution is 2.43. The van der Waals surface area contributed by atoms with Crippen LogP contribution < -0.4 is 10.6 Å². The number of unbranched alkanes of at least 4 members (excludes halogenated alkanes) is 1. The molecule has 2 N–H and O–H groups in total. The third-order valence-corrected chi connectivity index (χ3v) is 7.62. The van der Waals surface area contributed by atoms with Crippen LogP contribution in [0.25, 0.3) is 0 Å². The van der Waals surface area contributed by atoms with Gasteiger partial charge < -0.3 is 25.0 Å². The number of carbonyl (C=O) groups excluding carboxylic acids is 4. The monoisotopic (exact) mass is 566 g/mol. The van der Waals surface area contributed by atoms with Crippen LogP contribution in [0.1, 0.15) is 95.4 Å². The molecule has 2 heterocycles. The quantitative estimate of drug-likeness (QED) is 0.289. The predicted molar refractivity (Wildman–Crippen MR) is 154 cm³/mol. The summed E-state index contributed by atoms with van der Waals surface area (Å²) in [5, 5.41) is 5.80. The van der Waals surface area contributed by atoms with E-state index in [9.17, 15) is 19.2 Å². The Morgan fingerprint density at radius 3 is 2.25 bits per heavy atom. The second-order valence-corrected chi connectivity index (χ2v) is 13.5. The molecule has 0 saturated carbocycles. The molecule has 0 aromatic heterocycles. The van der Waals surface area contributed by atoms with E-state index in [1.54, 1.807) is 9.80 Å². The van der Waals surface area contributed by atoms with E-state index >= 15 is 0 Å². The summed E-state index contributed by atoms with van der Waals surface area (Å²) < 4.78 is 12.3. The van der Waals surface area contributed by atoms with E-state index < -0.39 is 53.3 Å². The van der Waals surface area contributed by atoms with Gasteiger partial charge >= 0.3 is 6.09 Å². The lowest BCUT2D eigenvalue weighted by atomic mass is 9.83. The lowest BCUT2D eigenvalue weighted by Crippen LogP contribution is -2.54. The van der Waals surface area contributed by atoms with Crippen molar-refractivity contribution in [3.05, 3.63) is 0 Å². The molecule has 4 amide bonds. The Morgan fingerprint density at radius 2 is 1.75 bits per heavy atom. The van der Waals surface area contributed by atoms with Crippen molar-refractivity contribution in [2.24, 2.45) is 23.7 Å². The van der Waals surface area contributed by atoms with E-state index in [0.29, 0.717) is 26.1 Å². The van der Waals surface area contributed by atoms with Crippen molar-refractivity contribution in [3.63, 3.8) is 0 Å². The number of rotatable bonds is 11. The van der Waals surface area contributed by atoms with Crippen molar-refractivity contribution in [1.29, 1.82) is 0 Å². The maximum atomic E-state index is 13.8. The molecule has 2 rings (SSSR count). The second-order valence-electron chi connectivity index (χ2n) is 13.5. The van der Waals surface area contributed by atoms with Crippen LogP contribution in [-0.2, 0) is 23.9 Å². The number of nitrogens with zero attached hydrogens (tertiary/aromatic N) is 2. The minimum Gasteiger partial charge on any atom is -0.444 e. The number of hydrogen-bond acceptors (Lipinski definition) is 6. The SMILES string of the molecule is CCCCNC(=O)[C@@H](NC(=O)[C@@H]1C(=O)N(CC)C[C@H]1[C@@H]1OC(C)(C)N(C(=O)OC(C)(C)C)[C@H]1CC(C)C)C(C)C. The molecule has 5 atom stereocenters. The molecule has 10 nitrogen and oxygen atoms in total. The van der Waals surface area contributed by atoms with Gasteiger partial charge in [0.1, 0.15) is 23.3 Å². The Balaban J connectivity index is 2.43. The maximum absolute atomic E-state index is 13.8. The van der Waals surface area contributed by atoms with E-state index in [1.807, 2.05) is 62.3 Å². The van der Waals surface area contributed by atoms with Gasteiger partial charge in [-0.15, -0.1) is 0 Å². The van der Waals surface area contributed by atoms with Crippen molar-refractivity contribution >= 4 is 23.8 Å². The third-order valence-electron chi connectivity index (χ3n) is 7.62. The summed E-state index contributed by atoms with van der Waals surface area (Å²) in [5.41, 5.74) is -1.70. The summed E-state index contributed by atoms with van der Waals surface area (Å²) in [6.07, 6.45) is 1.36. The Bertz CT molecular complexity index is 912. The normalized spacial score (nSPS) is 25.5. The molecule has 40 heavy (non-hydrogen) atoms. The molecular formula is C30H54N4O6. The van der Waals surface area contributed by atoms with Gasteiger partial charge in [0, 0.05) is 25.6 Å². The molecule has 10 heteroatoms. The highest BCUT2D eigenvalue weighted by molar-refractivity contribution is 6.03. The molecular weight excluding hydrogens is 512 g/mol. The smallest absolute Gasteiger partial charge is 0.412 e. The standard InChI is InChI=1S/C30H54N4O6/c1-12-14-15-31-26(36)23(19(5)6)32-25(35)22-20(17-33(13-2)27(22)37)24-21(16-18(3)4)34(30(10,11)39-24)28(38)40-29(7,8)9/h18-24H,12-17H2,1-11H3,(H,31,36)(H,32,35)/t20-,21+,22-,23+,24+/m1/s1. The van der Waals surface area contributed by atoms with E-state index in [4.69, 9.17) is 9.47 Å². The van der Waals surface area contributed by atoms with Crippen LogP contribution in [0.2, 0.25) is 0 Å². The lowest BCUT2D eigenvalue weighted by Gasteiger charge is -2.36. The third kappa shape index (κ3) is 8.10. The number of amides is 4. The van der Waals surface area contributed by atoms with Crippen LogP contribution in [0.5, 0.6) is 0 Å². The molecule has 230 valence electrons. The summed E-state index contributed by atoms with van der Waals surface area (Å²) >= 11 is 0. The summed E-state index contributed by atoms with van der Waals surface area (Å²) in [6.45, 7) is 22.2. The molecule has 0 aromatic carbocycles. The second kappa shape index (κ2) is 13.5. The molecule has 0 radical (unpaired) electrons. The summed E-state index contributed by atoms with van der Waals surface area (Å²) in [7, 11) is 0. The fourth-order valence-electron chi connectivity index (χ4n) is 5.77. The van der Waals surface area contributed by atoms with Gasteiger partial charge in [-0.2, -0.15) is 0 Å². The van der Waals surface area contributed by atoms with Crippen LogP contribution in [0.3, 0.4) is 0 Å². The Kier molecular flexibility index (Phi) is 11.5. The Hall–Kier alpha value is -2.36. The first-order valence-electron chi connectivity index (χ1n) is 15.0. The lowest BCUT2D eigenvalue weighted by molar-refractivity contribution is -0.143. The summed E-state index contributed by atoms with van der Waals surface area (Å²) in [4.78, 5) is 57.1. The molecule has 2 aliphatic rings. The van der Waals surface area contributed by atoms with E-state index in [0.717, 1.165) is 12.8 Å². The van der Waals surface area contributed by atoms with Crippen LogP contribution in [0.15, 0.2) is 0 Å². The molecule has 2 fully saturated rings. The fraction of sp³-hybridized carbons (Fsp3) is 0.867. The largest absolute Gasteiger partial charge is 0.444 e. The Labute approximate surface area is 241 Å². The van der Waals surface area contributed by atoms with Gasteiger partial charge in [0.25, 0.3) is 0 Å². The topological polar surface area (TPSA) is 117 Å². The van der Waals surface area contributed by atoms with Gasteiger partial charge in [0.2, 0.25) is 17.7 Å². The van der Waals surface area contributed by atoms with Crippen LogP contribution in [-0.4, -0.2) is 82.8 Å². The number of carbonyl (C=O) groups is 4. The molecule has 2 saturated heterocycles. The maximum Gasteiger partial charge on any atom is 0.412 e. The number of ether oxygens (including phenoxy) is 2. The average Bonchev–Trinajstić information content (AvgIpc) is 3.27. The van der Waals surface area contributed by atoms with Crippen LogP contribution >= 0.6 is 0 Å². The van der Waals surface area contributed by atoms with Crippen molar-refractivity contribution < 1.29 is 28.7 Å². The first kappa shape index (κ1) is 33.8. The van der Waals surface area contributed by atoms with Crippen molar-refractivity contribution in [1.82, 2.24) is 20.4 Å². The number of nitrogens with one attached hydrogen (secondary N) is 2. The van der Waals surface area contributed by atoms with E-state index in [1.165, 1.54) is 0 Å². The molecule has 0 spiro atoms. The summed E-state index contributed by atoms with van der Waals surface area (Å²) in [5.74, 6) is -2.48. The van der Waals surface area contributed by atoms with Crippen LogP contribution in [0.4, 0.5) is 4.79 Å². The van der Waals surface area contributed by atoms with Gasteiger partial charge in [0.15, 0.2) is 0 Å². The number of hydrogen-bond donors (Lipinski definition) is 2. The van der Waals surface area contributed by atoms with Gasteiger partial charge in [-0.3, -0.25) is 19.3 Å². The van der Waals surface area contributed by atoms with E-state index in [-0.39, 0.29) is 23.7 Å². The fourth-order valence-corrected chi connectivity index (χ4v) is 5.77. The predicted octanol–water partition coefficient (Wildman–Crippen LogP) is 3.92. The first-order chi connectivity index (χ1) is 18.4. The zero-order chi connectivity index (χ0) is 30.6. The van der Waals surface area contributed by atoms with Gasteiger partial charge in [0.05, 0.1) is 12.1 Å². The van der Waals surface area contributed by atoms with Crippen molar-refractivity contribution in [3.8, 4) is 0 Å². The van der Waals surface area contributed by atoms with Crippen molar-refractivity contribution in [2.75, 3.05) is 19.6 Å². The van der Waals surface area contributed by atoms with Gasteiger partial charge in [-0.1, -0.05) is 41.0 Å². The molecule has 0 unspecified atom stereocenters. The number of likely N-dealkylation sites (tertiary alicyclic amines) is 1. The van der Waals surface area contributed by atoms with Gasteiger partial charge in [-0.05, 0) is 66.2 Å². The van der Waals surface area contributed by atoms with Crippen molar-refractivity contribution in [2.45, 2.75) is 125 Å². The zero-order valence-electron chi connectivity index (χ0n) is 26.6. The molecule has 0 aromatic rings. The first-order valence-corrected chi connectivity index (χ1v) is 15.0. The molecule has 0 aliphatic carbocycles. The highest BCUT2D eigenvalue weighted by Gasteiger charge is 2.59. The minimum atomic E-state index is -1.03. The summed E-state index contributed by atoms with van der Waals surface area (Å²) in [6, 6.07) is -1.16. The average molecular weight is 567 g/mol. The minimum absolute atomic E-state index is 0.166. The molecule has 0 bridgehead atoms. The molecule has 2 aliphatic heterocycles. The Morgan fingerprint density at radius 1 is 1.12 bits per heavy atom.